The van der Waals surface area contributed by atoms with Crippen molar-refractivity contribution in [3.05, 3.63) is 28.5 Å². The smallest absolute Gasteiger partial charge is 0.124 e. The van der Waals surface area contributed by atoms with Gasteiger partial charge in [-0.3, -0.25) is 0 Å². The highest BCUT2D eigenvalue weighted by molar-refractivity contribution is 9.10. The molecule has 0 heterocycles. The van der Waals surface area contributed by atoms with Gasteiger partial charge in [-0.05, 0) is 52.4 Å². The summed E-state index contributed by atoms with van der Waals surface area (Å²) in [6, 6.07) is 5.33. The van der Waals surface area contributed by atoms with Crippen molar-refractivity contribution in [1.29, 1.82) is 0 Å². The average molecular weight is 300 g/mol. The third kappa shape index (κ3) is 3.01. The van der Waals surface area contributed by atoms with Crippen LogP contribution in [-0.4, -0.2) is 6.04 Å². The molecule has 3 heteroatoms. The van der Waals surface area contributed by atoms with E-state index >= 15 is 0 Å². The molecule has 1 aromatic rings. The fourth-order valence-corrected chi connectivity index (χ4v) is 3.06. The first-order valence-electron chi connectivity index (χ1n) is 6.29. The van der Waals surface area contributed by atoms with Crippen LogP contribution in [0, 0.1) is 17.7 Å². The molecule has 3 unspecified atom stereocenters. The highest BCUT2D eigenvalue weighted by atomic mass is 79.9. The van der Waals surface area contributed by atoms with Gasteiger partial charge < -0.3 is 5.32 Å². The number of hydrogen-bond donors (Lipinski definition) is 1. The van der Waals surface area contributed by atoms with E-state index in [0.717, 1.165) is 16.1 Å². The molecule has 1 aromatic carbocycles. The van der Waals surface area contributed by atoms with Crippen LogP contribution < -0.4 is 5.32 Å². The van der Waals surface area contributed by atoms with Crippen LogP contribution in [-0.2, 0) is 0 Å². The van der Waals surface area contributed by atoms with E-state index in [1.54, 1.807) is 0 Å². The van der Waals surface area contributed by atoms with Crippen molar-refractivity contribution in [3.63, 3.8) is 0 Å². The Morgan fingerprint density at radius 1 is 1.29 bits per heavy atom. The van der Waals surface area contributed by atoms with Gasteiger partial charge >= 0.3 is 0 Å². The van der Waals surface area contributed by atoms with E-state index < -0.39 is 0 Å². The highest BCUT2D eigenvalue weighted by Crippen LogP contribution is 2.33. The molecule has 0 spiro atoms. The zero-order valence-electron chi connectivity index (χ0n) is 10.3. The monoisotopic (exact) mass is 299 g/mol. The number of nitrogens with one attached hydrogen (secondary N) is 1. The van der Waals surface area contributed by atoms with Crippen LogP contribution in [0.3, 0.4) is 0 Å². The Morgan fingerprint density at radius 3 is 2.76 bits per heavy atom. The molecule has 1 saturated carbocycles. The van der Waals surface area contributed by atoms with E-state index in [1.807, 2.05) is 6.07 Å². The van der Waals surface area contributed by atoms with Gasteiger partial charge in [0.2, 0.25) is 0 Å². The minimum atomic E-state index is -0.201. The number of rotatable bonds is 2. The molecule has 17 heavy (non-hydrogen) atoms. The van der Waals surface area contributed by atoms with Gasteiger partial charge in [-0.2, -0.15) is 0 Å². The van der Waals surface area contributed by atoms with Crippen molar-refractivity contribution in [2.24, 2.45) is 11.8 Å². The van der Waals surface area contributed by atoms with Gasteiger partial charge in [0.05, 0.1) is 0 Å². The van der Waals surface area contributed by atoms with Crippen molar-refractivity contribution in [2.45, 2.75) is 39.2 Å². The SMILES string of the molecule is CC1CCCC(Nc2ccc(F)cc2Br)C1C. The normalized spacial score (nSPS) is 29.1. The molecule has 1 aliphatic carbocycles. The van der Waals surface area contributed by atoms with Crippen LogP contribution >= 0.6 is 15.9 Å². The van der Waals surface area contributed by atoms with E-state index in [9.17, 15) is 4.39 Å². The van der Waals surface area contributed by atoms with E-state index in [0.29, 0.717) is 12.0 Å². The van der Waals surface area contributed by atoms with Crippen molar-refractivity contribution in [3.8, 4) is 0 Å². The Morgan fingerprint density at radius 2 is 2.06 bits per heavy atom. The predicted octanol–water partition coefficient (Wildman–Crippen LogP) is 4.82. The molecular weight excluding hydrogens is 281 g/mol. The molecule has 0 aliphatic heterocycles. The van der Waals surface area contributed by atoms with Crippen molar-refractivity contribution in [2.75, 3.05) is 5.32 Å². The third-order valence-corrected chi connectivity index (χ3v) is 4.63. The predicted molar refractivity (Wildman–Crippen MR) is 73.7 cm³/mol. The largest absolute Gasteiger partial charge is 0.381 e. The van der Waals surface area contributed by atoms with Crippen LogP contribution in [0.2, 0.25) is 0 Å². The van der Waals surface area contributed by atoms with E-state index in [1.165, 1.54) is 31.4 Å². The molecule has 0 saturated heterocycles. The lowest BCUT2D eigenvalue weighted by molar-refractivity contribution is 0.253. The summed E-state index contributed by atoms with van der Waals surface area (Å²) in [6.07, 6.45) is 3.81. The molecule has 1 aliphatic rings. The Bertz CT molecular complexity index is 394. The fraction of sp³-hybridized carbons (Fsp3) is 0.571. The van der Waals surface area contributed by atoms with Crippen LogP contribution in [0.5, 0.6) is 0 Å². The van der Waals surface area contributed by atoms with Gasteiger partial charge in [-0.15, -0.1) is 0 Å². The Balaban J connectivity index is 2.09. The summed E-state index contributed by atoms with van der Waals surface area (Å²) >= 11 is 3.41. The molecular formula is C14H19BrFN. The minimum Gasteiger partial charge on any atom is -0.381 e. The van der Waals surface area contributed by atoms with Gasteiger partial charge in [0, 0.05) is 16.2 Å². The lowest BCUT2D eigenvalue weighted by atomic mass is 9.78. The number of hydrogen-bond acceptors (Lipinski definition) is 1. The molecule has 1 nitrogen and oxygen atoms in total. The molecule has 0 bridgehead atoms. The maximum absolute atomic E-state index is 13.0. The molecule has 2 rings (SSSR count). The molecule has 3 atom stereocenters. The quantitative estimate of drug-likeness (QED) is 0.825. The minimum absolute atomic E-state index is 0.201. The van der Waals surface area contributed by atoms with Crippen molar-refractivity contribution >= 4 is 21.6 Å². The first-order valence-corrected chi connectivity index (χ1v) is 7.09. The van der Waals surface area contributed by atoms with E-state index in [4.69, 9.17) is 0 Å². The molecule has 0 aromatic heterocycles. The van der Waals surface area contributed by atoms with Gasteiger partial charge in [0.1, 0.15) is 5.82 Å². The molecule has 94 valence electrons. The Labute approximate surface area is 111 Å². The second-order valence-corrected chi connectivity index (χ2v) is 6.00. The second kappa shape index (κ2) is 5.38. The average Bonchev–Trinajstić information content (AvgIpc) is 2.28. The lowest BCUT2D eigenvalue weighted by Gasteiger charge is -2.35. The van der Waals surface area contributed by atoms with Gasteiger partial charge in [0.15, 0.2) is 0 Å². The fourth-order valence-electron chi connectivity index (χ4n) is 2.59. The van der Waals surface area contributed by atoms with Crippen LogP contribution in [0.1, 0.15) is 33.1 Å². The summed E-state index contributed by atoms with van der Waals surface area (Å²) in [5.41, 5.74) is 0.998. The summed E-state index contributed by atoms with van der Waals surface area (Å²) < 4.78 is 13.8. The zero-order valence-corrected chi connectivity index (χ0v) is 11.9. The van der Waals surface area contributed by atoms with Gasteiger partial charge in [0.25, 0.3) is 0 Å². The maximum atomic E-state index is 13.0. The van der Waals surface area contributed by atoms with Crippen molar-refractivity contribution < 1.29 is 4.39 Å². The zero-order chi connectivity index (χ0) is 12.4. The summed E-state index contributed by atoms with van der Waals surface area (Å²) in [5, 5.41) is 3.54. The first kappa shape index (κ1) is 12.9. The number of halogens is 2. The molecule has 0 radical (unpaired) electrons. The maximum Gasteiger partial charge on any atom is 0.124 e. The number of anilines is 1. The van der Waals surface area contributed by atoms with Gasteiger partial charge in [-0.1, -0.05) is 26.7 Å². The topological polar surface area (TPSA) is 12.0 Å². The Hall–Kier alpha value is -0.570. The van der Waals surface area contributed by atoms with Crippen molar-refractivity contribution in [1.82, 2.24) is 0 Å². The summed E-state index contributed by atoms with van der Waals surface area (Å²) in [4.78, 5) is 0. The molecule has 1 fully saturated rings. The number of benzene rings is 1. The summed E-state index contributed by atoms with van der Waals surface area (Å²) in [6.45, 7) is 4.62. The van der Waals surface area contributed by atoms with E-state index in [2.05, 4.69) is 35.1 Å². The lowest BCUT2D eigenvalue weighted by Crippen LogP contribution is -2.35. The van der Waals surface area contributed by atoms with Crippen LogP contribution in [0.15, 0.2) is 22.7 Å². The standard InChI is InChI=1S/C14H19BrFN/c1-9-4-3-5-13(10(9)2)17-14-7-6-11(16)8-12(14)15/h6-10,13,17H,3-5H2,1-2H3. The van der Waals surface area contributed by atoms with E-state index in [-0.39, 0.29) is 5.82 Å². The first-order chi connectivity index (χ1) is 8.08. The highest BCUT2D eigenvalue weighted by Gasteiger charge is 2.27. The summed E-state index contributed by atoms with van der Waals surface area (Å²) in [5.74, 6) is 1.23. The Kier molecular flexibility index (Phi) is 4.08. The second-order valence-electron chi connectivity index (χ2n) is 5.14. The van der Waals surface area contributed by atoms with Crippen LogP contribution in [0.25, 0.3) is 0 Å². The molecule has 1 N–H and O–H groups in total. The molecule has 0 amide bonds. The van der Waals surface area contributed by atoms with Crippen LogP contribution in [0.4, 0.5) is 10.1 Å². The van der Waals surface area contributed by atoms with Gasteiger partial charge in [-0.25, -0.2) is 4.39 Å². The third-order valence-electron chi connectivity index (χ3n) is 3.98. The summed E-state index contributed by atoms with van der Waals surface area (Å²) in [7, 11) is 0.